The third-order valence-corrected chi connectivity index (χ3v) is 3.24. The molecule has 1 N–H and O–H groups in total. The summed E-state index contributed by atoms with van der Waals surface area (Å²) in [7, 11) is 1.76. The summed E-state index contributed by atoms with van der Waals surface area (Å²) >= 11 is 3.27. The Bertz CT molecular complexity index is 317. The SMILES string of the molecule is Cn1nnc(Br)c1C(O)C1CCCCO1. The Balaban J connectivity index is 2.15. The summed E-state index contributed by atoms with van der Waals surface area (Å²) in [5.74, 6) is 0. The highest BCUT2D eigenvalue weighted by molar-refractivity contribution is 9.10. The third-order valence-electron chi connectivity index (χ3n) is 2.67. The van der Waals surface area contributed by atoms with Crippen LogP contribution in [0.4, 0.5) is 0 Å². The molecule has 2 heterocycles. The highest BCUT2D eigenvalue weighted by Crippen LogP contribution is 2.29. The van der Waals surface area contributed by atoms with Crippen LogP contribution in [-0.2, 0) is 11.8 Å². The van der Waals surface area contributed by atoms with Gasteiger partial charge < -0.3 is 9.84 Å². The standard InChI is InChI=1S/C9H14BrN3O2/c1-13-7(9(10)11-12-13)8(14)6-4-2-3-5-15-6/h6,8,14H,2-5H2,1H3. The van der Waals surface area contributed by atoms with Gasteiger partial charge in [-0.15, -0.1) is 5.10 Å². The molecule has 1 saturated heterocycles. The topological polar surface area (TPSA) is 60.2 Å². The second-order valence-electron chi connectivity index (χ2n) is 3.74. The maximum atomic E-state index is 10.1. The minimum absolute atomic E-state index is 0.132. The first-order valence-corrected chi connectivity index (χ1v) is 5.84. The molecule has 0 saturated carbocycles. The Morgan fingerprint density at radius 1 is 1.60 bits per heavy atom. The van der Waals surface area contributed by atoms with Crippen LogP contribution in [0.25, 0.3) is 0 Å². The number of aryl methyl sites for hydroxylation is 1. The van der Waals surface area contributed by atoms with Crippen molar-refractivity contribution >= 4 is 15.9 Å². The number of halogens is 1. The molecule has 0 amide bonds. The van der Waals surface area contributed by atoms with E-state index in [4.69, 9.17) is 4.74 Å². The predicted octanol–water partition coefficient (Wildman–Crippen LogP) is 1.18. The quantitative estimate of drug-likeness (QED) is 0.881. The minimum Gasteiger partial charge on any atom is -0.384 e. The molecule has 2 atom stereocenters. The average molecular weight is 276 g/mol. The van der Waals surface area contributed by atoms with Gasteiger partial charge in [0.2, 0.25) is 0 Å². The third kappa shape index (κ3) is 2.21. The molecule has 1 fully saturated rings. The first-order valence-electron chi connectivity index (χ1n) is 5.05. The van der Waals surface area contributed by atoms with Gasteiger partial charge in [-0.2, -0.15) is 0 Å². The molecule has 15 heavy (non-hydrogen) atoms. The van der Waals surface area contributed by atoms with Gasteiger partial charge in [0.15, 0.2) is 4.60 Å². The molecule has 2 rings (SSSR count). The van der Waals surface area contributed by atoms with Gasteiger partial charge in [-0.25, -0.2) is 4.68 Å². The van der Waals surface area contributed by atoms with E-state index in [2.05, 4.69) is 26.2 Å². The van der Waals surface area contributed by atoms with Gasteiger partial charge in [-0.05, 0) is 35.2 Å². The van der Waals surface area contributed by atoms with Crippen molar-refractivity contribution in [3.8, 4) is 0 Å². The smallest absolute Gasteiger partial charge is 0.154 e. The zero-order valence-corrected chi connectivity index (χ0v) is 10.1. The summed E-state index contributed by atoms with van der Waals surface area (Å²) in [4.78, 5) is 0. The Kier molecular flexibility index (Phi) is 3.38. The van der Waals surface area contributed by atoms with Crippen LogP contribution in [0.3, 0.4) is 0 Å². The summed E-state index contributed by atoms with van der Waals surface area (Å²) in [5, 5.41) is 17.8. The van der Waals surface area contributed by atoms with E-state index in [-0.39, 0.29) is 6.10 Å². The predicted molar refractivity (Wildman–Crippen MR) is 57.3 cm³/mol. The van der Waals surface area contributed by atoms with Crippen LogP contribution >= 0.6 is 15.9 Å². The van der Waals surface area contributed by atoms with Crippen molar-refractivity contribution in [2.24, 2.45) is 7.05 Å². The molecule has 5 nitrogen and oxygen atoms in total. The van der Waals surface area contributed by atoms with E-state index in [1.54, 1.807) is 11.7 Å². The molecule has 0 bridgehead atoms. The van der Waals surface area contributed by atoms with Crippen LogP contribution in [0.5, 0.6) is 0 Å². The van der Waals surface area contributed by atoms with E-state index in [0.29, 0.717) is 10.3 Å². The van der Waals surface area contributed by atoms with E-state index in [9.17, 15) is 5.11 Å². The summed E-state index contributed by atoms with van der Waals surface area (Å²) < 4.78 is 7.70. The van der Waals surface area contributed by atoms with Gasteiger partial charge in [0.1, 0.15) is 11.8 Å². The fourth-order valence-electron chi connectivity index (χ4n) is 1.84. The van der Waals surface area contributed by atoms with Crippen LogP contribution in [-0.4, -0.2) is 32.8 Å². The normalized spacial score (nSPS) is 24.1. The maximum Gasteiger partial charge on any atom is 0.154 e. The van der Waals surface area contributed by atoms with Gasteiger partial charge in [-0.3, -0.25) is 0 Å². The summed E-state index contributed by atoms with van der Waals surface area (Å²) in [6.07, 6.45) is 2.28. The Hall–Kier alpha value is -0.460. The fourth-order valence-corrected chi connectivity index (χ4v) is 2.41. The molecule has 6 heteroatoms. The van der Waals surface area contributed by atoms with Crippen molar-refractivity contribution < 1.29 is 9.84 Å². The summed E-state index contributed by atoms with van der Waals surface area (Å²) in [6.45, 7) is 0.727. The van der Waals surface area contributed by atoms with Crippen molar-refractivity contribution in [2.45, 2.75) is 31.5 Å². The molecular weight excluding hydrogens is 262 g/mol. The number of aromatic nitrogens is 3. The second kappa shape index (κ2) is 4.59. The van der Waals surface area contributed by atoms with E-state index in [0.717, 1.165) is 25.9 Å². The Labute approximate surface area is 96.6 Å². The molecule has 1 aromatic rings. The summed E-state index contributed by atoms with van der Waals surface area (Å²) in [6, 6.07) is 0. The van der Waals surface area contributed by atoms with Gasteiger partial charge in [-0.1, -0.05) is 5.21 Å². The lowest BCUT2D eigenvalue weighted by atomic mass is 10.0. The van der Waals surface area contributed by atoms with E-state index in [1.807, 2.05) is 0 Å². The Morgan fingerprint density at radius 2 is 2.40 bits per heavy atom. The zero-order chi connectivity index (χ0) is 10.8. The lowest BCUT2D eigenvalue weighted by molar-refractivity contribution is -0.0662. The molecule has 0 radical (unpaired) electrons. The number of nitrogens with zero attached hydrogens (tertiary/aromatic N) is 3. The molecule has 0 aliphatic carbocycles. The van der Waals surface area contributed by atoms with E-state index >= 15 is 0 Å². The molecule has 1 aromatic heterocycles. The van der Waals surface area contributed by atoms with E-state index in [1.165, 1.54) is 0 Å². The highest BCUT2D eigenvalue weighted by atomic mass is 79.9. The first kappa shape index (κ1) is 11.0. The molecule has 1 aliphatic heterocycles. The molecule has 84 valence electrons. The molecule has 2 unspecified atom stereocenters. The minimum atomic E-state index is -0.653. The molecule has 1 aliphatic rings. The number of aliphatic hydroxyl groups is 1. The number of hydrogen-bond donors (Lipinski definition) is 1. The van der Waals surface area contributed by atoms with Crippen LogP contribution in [0.2, 0.25) is 0 Å². The monoisotopic (exact) mass is 275 g/mol. The summed E-state index contributed by atoms with van der Waals surface area (Å²) in [5.41, 5.74) is 0.682. The average Bonchev–Trinajstić information content (AvgIpc) is 2.59. The lowest BCUT2D eigenvalue weighted by Gasteiger charge is -2.26. The molecular formula is C9H14BrN3O2. The largest absolute Gasteiger partial charge is 0.384 e. The van der Waals surface area contributed by atoms with Gasteiger partial charge in [0, 0.05) is 13.7 Å². The first-order chi connectivity index (χ1) is 7.20. The lowest BCUT2D eigenvalue weighted by Crippen LogP contribution is -2.27. The maximum absolute atomic E-state index is 10.1. The molecule has 0 aromatic carbocycles. The highest BCUT2D eigenvalue weighted by Gasteiger charge is 2.28. The van der Waals surface area contributed by atoms with Crippen molar-refractivity contribution in [3.05, 3.63) is 10.3 Å². The van der Waals surface area contributed by atoms with Gasteiger partial charge in [0.05, 0.1) is 6.10 Å². The van der Waals surface area contributed by atoms with Crippen molar-refractivity contribution in [1.29, 1.82) is 0 Å². The van der Waals surface area contributed by atoms with E-state index < -0.39 is 6.10 Å². The fraction of sp³-hybridized carbons (Fsp3) is 0.778. The van der Waals surface area contributed by atoms with Crippen molar-refractivity contribution in [2.75, 3.05) is 6.61 Å². The molecule has 0 spiro atoms. The van der Waals surface area contributed by atoms with Crippen LogP contribution in [0.1, 0.15) is 31.1 Å². The van der Waals surface area contributed by atoms with Crippen molar-refractivity contribution in [1.82, 2.24) is 15.0 Å². The zero-order valence-electron chi connectivity index (χ0n) is 8.56. The number of hydrogen-bond acceptors (Lipinski definition) is 4. The number of ether oxygens (including phenoxy) is 1. The van der Waals surface area contributed by atoms with Crippen LogP contribution in [0, 0.1) is 0 Å². The van der Waals surface area contributed by atoms with Crippen LogP contribution < -0.4 is 0 Å². The van der Waals surface area contributed by atoms with Gasteiger partial charge >= 0.3 is 0 Å². The number of rotatable bonds is 2. The Morgan fingerprint density at radius 3 is 2.93 bits per heavy atom. The second-order valence-corrected chi connectivity index (χ2v) is 4.49. The number of aliphatic hydroxyl groups excluding tert-OH is 1. The van der Waals surface area contributed by atoms with Crippen LogP contribution in [0.15, 0.2) is 4.60 Å². The van der Waals surface area contributed by atoms with Crippen molar-refractivity contribution in [3.63, 3.8) is 0 Å². The van der Waals surface area contributed by atoms with Gasteiger partial charge in [0.25, 0.3) is 0 Å².